The lowest BCUT2D eigenvalue weighted by Crippen LogP contribution is -2.76. The summed E-state index contributed by atoms with van der Waals surface area (Å²) in [7, 11) is -5.04. The number of aliphatic carboxylic acids is 1. The van der Waals surface area contributed by atoms with Crippen molar-refractivity contribution in [1.82, 2.24) is 20.7 Å². The Kier molecular flexibility index (Phi) is 9.86. The van der Waals surface area contributed by atoms with Crippen molar-refractivity contribution in [3.05, 3.63) is 40.4 Å². The van der Waals surface area contributed by atoms with E-state index >= 15 is 0 Å². The molecule has 3 atom stereocenters. The quantitative estimate of drug-likeness (QED) is 0.0424. The molecule has 0 bridgehead atoms. The number of oxime groups is 1. The number of nitrogens with zero attached hydrogens (tertiary/aromatic N) is 3. The number of amidine groups is 1. The molecule has 2 aromatic rings. The summed E-state index contributed by atoms with van der Waals surface area (Å²) in [5.41, 5.74) is 8.33. The fourth-order valence-corrected chi connectivity index (χ4v) is 7.04. The number of aliphatic hydroxyl groups is 1. The second-order valence-corrected chi connectivity index (χ2v) is 15.1. The van der Waals surface area contributed by atoms with Crippen molar-refractivity contribution in [3.8, 4) is 5.75 Å². The number of carbonyl (C=O) groups excluding carboxylic acids is 2. The number of nitrogens with two attached hydrogens (primary N) is 2. The number of benzene rings is 1. The van der Waals surface area contributed by atoms with Gasteiger partial charge in [-0.25, -0.2) is 9.78 Å². The molecule has 10 N–H and O–H groups in total. The van der Waals surface area contributed by atoms with E-state index in [1.54, 1.807) is 18.2 Å². The topological polar surface area (TPSA) is 302 Å². The smallest absolute Gasteiger partial charge is 0.418 e. The van der Waals surface area contributed by atoms with Crippen LogP contribution in [0.5, 0.6) is 5.75 Å². The fourth-order valence-electron chi connectivity index (χ4n) is 6.04. The number of thiazole rings is 1. The van der Waals surface area contributed by atoms with Crippen molar-refractivity contribution in [1.29, 1.82) is 5.41 Å². The third-order valence-corrected chi connectivity index (χ3v) is 10.0. The molecule has 3 aliphatic rings. The number of β-lactam (4-membered cyclic amide) rings is 1. The van der Waals surface area contributed by atoms with Crippen LogP contribution in [0.4, 0.5) is 5.13 Å². The number of carboxylic acid groups (broad SMARTS) is 1. The number of ether oxygens (including phenoxy) is 1. The summed E-state index contributed by atoms with van der Waals surface area (Å²) in [6.07, 6.45) is 0.756. The van der Waals surface area contributed by atoms with E-state index < -0.39 is 62.7 Å². The van der Waals surface area contributed by atoms with Crippen molar-refractivity contribution < 1.29 is 51.4 Å². The fraction of sp³-hybridized carbons (Fsp3) is 0.517. The maximum Gasteiger partial charge on any atom is 0.418 e. The molecule has 21 heteroatoms. The van der Waals surface area contributed by atoms with Crippen LogP contribution in [0.2, 0.25) is 0 Å². The normalized spacial score (nSPS) is 25.6. The first-order valence-electron chi connectivity index (χ1n) is 15.3. The number of rotatable bonds is 13. The standard InChI is InChI=1S/C29H38N8O11S2/c1-27(2)21(24(40)37(27)48-50(43,44)45)35-23(39)20(17-12-49-26(31)34-17)36-47-28(3,25(41)42)19-7-5-15-8-16(4-6-18(15)46-19)22(30)33-11-14-9-29(32,10-14)13-38/h4,6,8,12,14,19,21,38H,5,7,9-11,13,32H2,1-3H3,(H2,30,33)(H2,31,34)(H,35,39)(H,41,42)(H,43,44,45)/b36-20-/t14?,19-,21-,28+,29?/m1/s1. The Morgan fingerprint density at radius 1 is 1.32 bits per heavy atom. The van der Waals surface area contributed by atoms with E-state index in [9.17, 15) is 33.0 Å². The maximum atomic E-state index is 13.4. The molecule has 19 nitrogen and oxygen atoms in total. The van der Waals surface area contributed by atoms with Crippen LogP contribution in [0.15, 0.2) is 28.7 Å². The number of nitrogens with one attached hydrogen (secondary N) is 3. The molecule has 2 amide bonds. The van der Waals surface area contributed by atoms with Crippen LogP contribution in [0, 0.1) is 11.3 Å². The van der Waals surface area contributed by atoms with Gasteiger partial charge in [-0.15, -0.1) is 15.6 Å². The highest BCUT2D eigenvalue weighted by atomic mass is 32.3. The Morgan fingerprint density at radius 3 is 2.60 bits per heavy atom. The highest BCUT2D eigenvalue weighted by Gasteiger charge is 2.58. The van der Waals surface area contributed by atoms with Crippen LogP contribution in [0.3, 0.4) is 0 Å². The van der Waals surface area contributed by atoms with Crippen LogP contribution >= 0.6 is 11.3 Å². The highest BCUT2D eigenvalue weighted by molar-refractivity contribution is 7.80. The summed E-state index contributed by atoms with van der Waals surface area (Å²) in [6.45, 7) is 4.40. The molecule has 0 unspecified atom stereocenters. The van der Waals surface area contributed by atoms with Gasteiger partial charge in [0.25, 0.3) is 17.4 Å². The van der Waals surface area contributed by atoms with Gasteiger partial charge < -0.3 is 41.9 Å². The Bertz CT molecular complexity index is 1840. The number of aromatic nitrogens is 1. The minimum atomic E-state index is -5.04. The second kappa shape index (κ2) is 13.4. The summed E-state index contributed by atoms with van der Waals surface area (Å²) >= 11 is 0.954. The van der Waals surface area contributed by atoms with E-state index in [4.69, 9.17) is 31.0 Å². The van der Waals surface area contributed by atoms with Crippen molar-refractivity contribution in [3.63, 3.8) is 0 Å². The van der Waals surface area contributed by atoms with E-state index in [2.05, 4.69) is 25.1 Å². The van der Waals surface area contributed by atoms with Gasteiger partial charge in [0.2, 0.25) is 0 Å². The number of amides is 2. The molecule has 1 saturated heterocycles. The Hall–Kier alpha value is -4.41. The van der Waals surface area contributed by atoms with E-state index in [1.165, 1.54) is 26.2 Å². The molecule has 3 heterocycles. The minimum Gasteiger partial charge on any atom is -0.485 e. The molecule has 1 aromatic heterocycles. The first-order chi connectivity index (χ1) is 23.3. The number of fused-ring (bicyclic) bond motifs is 1. The Labute approximate surface area is 290 Å². The van der Waals surface area contributed by atoms with Gasteiger partial charge in [-0.1, -0.05) is 5.16 Å². The lowest BCUT2D eigenvalue weighted by atomic mass is 9.69. The SMILES string of the molecule is CC1(C)[C@H](NC(=O)/C(=N\O[C@](C)(C(=O)O)[C@H]2CCc3cc(C(=N)NCC4CC(N)(CO)C4)ccc3O2)c2csc(N)n2)C(=O)N1OS(=O)(=O)O. The monoisotopic (exact) mass is 738 g/mol. The summed E-state index contributed by atoms with van der Waals surface area (Å²) < 4.78 is 41.7. The predicted octanol–water partition coefficient (Wildman–Crippen LogP) is -0.462. The van der Waals surface area contributed by atoms with Crippen molar-refractivity contribution in [2.45, 2.75) is 75.3 Å². The van der Waals surface area contributed by atoms with Gasteiger partial charge in [-0.2, -0.15) is 13.5 Å². The molecule has 1 aliphatic carbocycles. The molecule has 0 spiro atoms. The zero-order valence-corrected chi connectivity index (χ0v) is 28.8. The summed E-state index contributed by atoms with van der Waals surface area (Å²) in [6, 6.07) is 3.72. The summed E-state index contributed by atoms with van der Waals surface area (Å²) in [4.78, 5) is 48.3. The second-order valence-electron chi connectivity index (χ2n) is 13.2. The molecule has 5 rings (SSSR count). The first-order valence-corrected chi connectivity index (χ1v) is 17.6. The van der Waals surface area contributed by atoms with Gasteiger partial charge in [0.1, 0.15) is 23.3 Å². The lowest BCUT2D eigenvalue weighted by Gasteiger charge is -2.50. The molecule has 2 fully saturated rings. The average Bonchev–Trinajstić information content (AvgIpc) is 3.47. The molecule has 272 valence electrons. The summed E-state index contributed by atoms with van der Waals surface area (Å²) in [5, 5.41) is 39.2. The van der Waals surface area contributed by atoms with Crippen molar-refractivity contribution >= 4 is 56.2 Å². The zero-order chi connectivity index (χ0) is 36.8. The van der Waals surface area contributed by atoms with Crippen LogP contribution in [-0.2, 0) is 40.3 Å². The van der Waals surface area contributed by atoms with E-state index in [1.807, 2.05) is 0 Å². The maximum absolute atomic E-state index is 13.4. The third kappa shape index (κ3) is 7.37. The lowest BCUT2D eigenvalue weighted by molar-refractivity contribution is -0.218. The minimum absolute atomic E-state index is 0.0477. The number of hydroxylamine groups is 2. The number of nitrogen functional groups attached to an aromatic ring is 1. The van der Waals surface area contributed by atoms with Crippen LogP contribution in [-0.4, -0.2) is 105 Å². The van der Waals surface area contributed by atoms with Gasteiger partial charge in [0.05, 0.1) is 12.1 Å². The number of hydrogen-bond acceptors (Lipinski definition) is 15. The average molecular weight is 739 g/mol. The van der Waals surface area contributed by atoms with Crippen molar-refractivity contribution in [2.75, 3.05) is 18.9 Å². The highest BCUT2D eigenvalue weighted by Crippen LogP contribution is 2.37. The van der Waals surface area contributed by atoms with Gasteiger partial charge in [-0.05, 0) is 76.1 Å². The molecule has 1 saturated carbocycles. The third-order valence-electron chi connectivity index (χ3n) is 9.03. The number of anilines is 1. The van der Waals surface area contributed by atoms with Gasteiger partial charge in [0.15, 0.2) is 16.9 Å². The van der Waals surface area contributed by atoms with Crippen LogP contribution < -0.4 is 26.8 Å². The van der Waals surface area contributed by atoms with Crippen molar-refractivity contribution in [2.24, 2.45) is 16.8 Å². The predicted molar refractivity (Wildman–Crippen MR) is 176 cm³/mol. The number of aliphatic hydroxyl groups excluding tert-OH is 1. The van der Waals surface area contributed by atoms with Gasteiger partial charge in [-0.3, -0.25) is 19.6 Å². The molecule has 50 heavy (non-hydrogen) atoms. The molecule has 0 radical (unpaired) electrons. The van der Waals surface area contributed by atoms with E-state index in [0.29, 0.717) is 42.2 Å². The summed E-state index contributed by atoms with van der Waals surface area (Å²) in [5.74, 6) is -2.68. The number of hydrogen-bond donors (Lipinski definition) is 8. The van der Waals surface area contributed by atoms with E-state index in [0.717, 1.165) is 16.9 Å². The van der Waals surface area contributed by atoms with Gasteiger partial charge >= 0.3 is 16.4 Å². The molecular weight excluding hydrogens is 700 g/mol. The zero-order valence-electron chi connectivity index (χ0n) is 27.2. The Morgan fingerprint density at radius 2 is 2.02 bits per heavy atom. The number of carbonyl (C=O) groups is 3. The molecule has 1 aromatic carbocycles. The largest absolute Gasteiger partial charge is 0.485 e. The number of aryl methyl sites for hydroxylation is 1. The number of carboxylic acids is 1. The van der Waals surface area contributed by atoms with E-state index in [-0.39, 0.29) is 35.6 Å². The van der Waals surface area contributed by atoms with Gasteiger partial charge in [0, 0.05) is 23.0 Å². The first kappa shape index (κ1) is 36.9. The molecular formula is C29H38N8O11S2. The van der Waals surface area contributed by atoms with Crippen LogP contribution in [0.25, 0.3) is 0 Å². The molecule has 2 aliphatic heterocycles. The Balaban J connectivity index is 1.29. The van der Waals surface area contributed by atoms with Crippen LogP contribution in [0.1, 0.15) is 56.9 Å².